The Kier molecular flexibility index (Phi) is 7.42. The minimum absolute atomic E-state index is 0.0870. The van der Waals surface area contributed by atoms with Crippen molar-refractivity contribution in [3.05, 3.63) is 62.7 Å². The van der Waals surface area contributed by atoms with Crippen molar-refractivity contribution in [3.8, 4) is 0 Å². The molecule has 0 saturated carbocycles. The Morgan fingerprint density at radius 1 is 1.23 bits per heavy atom. The van der Waals surface area contributed by atoms with Crippen LogP contribution in [0.5, 0.6) is 0 Å². The second-order valence-electron chi connectivity index (χ2n) is 7.22. The van der Waals surface area contributed by atoms with E-state index in [1.807, 2.05) is 18.2 Å². The summed E-state index contributed by atoms with van der Waals surface area (Å²) < 4.78 is 0. The van der Waals surface area contributed by atoms with Gasteiger partial charge in [-0.25, -0.2) is 0 Å². The summed E-state index contributed by atoms with van der Waals surface area (Å²) in [5.74, 6) is -0.527. The highest BCUT2D eigenvalue weighted by atomic mass is 35.5. The number of thiocarbonyl (C=S) groups is 1. The van der Waals surface area contributed by atoms with Gasteiger partial charge in [0.1, 0.15) is 0 Å². The Balaban J connectivity index is 1.73. The molecule has 0 spiro atoms. The number of likely N-dealkylation sites (N-methyl/N-ethyl adjacent to an activating group) is 1. The van der Waals surface area contributed by atoms with Crippen LogP contribution in [0.4, 0.5) is 17.1 Å². The van der Waals surface area contributed by atoms with Crippen LogP contribution in [0, 0.1) is 17.0 Å². The fourth-order valence-corrected chi connectivity index (χ4v) is 4.00. The van der Waals surface area contributed by atoms with E-state index in [4.69, 9.17) is 23.8 Å². The predicted octanol–water partition coefficient (Wildman–Crippen LogP) is 3.83. The minimum atomic E-state index is -0.527. The highest BCUT2D eigenvalue weighted by molar-refractivity contribution is 7.80. The zero-order valence-corrected chi connectivity index (χ0v) is 18.9. The van der Waals surface area contributed by atoms with Crippen LogP contribution in [-0.4, -0.2) is 53.6 Å². The highest BCUT2D eigenvalue weighted by Gasteiger charge is 2.21. The van der Waals surface area contributed by atoms with E-state index in [1.54, 1.807) is 6.92 Å². The molecule has 1 aliphatic heterocycles. The largest absolute Gasteiger partial charge is 0.366 e. The molecule has 0 atom stereocenters. The topological polar surface area (TPSA) is 90.8 Å². The van der Waals surface area contributed by atoms with Gasteiger partial charge in [-0.3, -0.25) is 20.2 Å². The number of nitrogens with zero attached hydrogens (tertiary/aromatic N) is 3. The number of rotatable bonds is 5. The number of nitro groups is 1. The third kappa shape index (κ3) is 5.49. The molecule has 3 rings (SSSR count). The number of anilines is 2. The number of hydrogen-bond acceptors (Lipinski definition) is 6. The van der Waals surface area contributed by atoms with Crippen LogP contribution in [-0.2, 0) is 0 Å². The minimum Gasteiger partial charge on any atom is -0.366 e. The number of carbonyl (C=O) groups excluding carboxylic acids is 1. The van der Waals surface area contributed by atoms with E-state index in [-0.39, 0.29) is 16.4 Å². The molecule has 0 bridgehead atoms. The Hall–Kier alpha value is -2.75. The number of amides is 1. The molecular formula is C21H24ClN5O3S. The Morgan fingerprint density at radius 2 is 1.94 bits per heavy atom. The molecule has 0 unspecified atom stereocenters. The summed E-state index contributed by atoms with van der Waals surface area (Å²) in [6, 6.07) is 9.78. The van der Waals surface area contributed by atoms with Crippen molar-refractivity contribution in [2.45, 2.75) is 13.8 Å². The lowest BCUT2D eigenvalue weighted by molar-refractivity contribution is -0.385. The zero-order valence-electron chi connectivity index (χ0n) is 17.4. The SMILES string of the molecule is CCN1CCN(c2c(Cl)cccc2NC(=S)NC(=O)c2ccc(C)c([N+](=O)[O-])c2)CC1. The molecule has 0 aliphatic carbocycles. The lowest BCUT2D eigenvalue weighted by atomic mass is 10.1. The number of nitrogens with one attached hydrogen (secondary N) is 2. The smallest absolute Gasteiger partial charge is 0.273 e. The Morgan fingerprint density at radius 3 is 2.58 bits per heavy atom. The molecule has 1 fully saturated rings. The standard InChI is InChI=1S/C21H24ClN5O3S/c1-3-25-9-11-26(12-10-25)19-16(22)5-4-6-17(19)23-21(31)24-20(28)15-8-7-14(2)18(13-15)27(29)30/h4-8,13H,3,9-12H2,1-2H3,(H2,23,24,28,31). The number of piperazine rings is 1. The zero-order chi connectivity index (χ0) is 22.5. The van der Waals surface area contributed by atoms with E-state index >= 15 is 0 Å². The van der Waals surface area contributed by atoms with Crippen molar-refractivity contribution in [1.29, 1.82) is 0 Å². The maximum atomic E-state index is 12.6. The monoisotopic (exact) mass is 461 g/mol. The van der Waals surface area contributed by atoms with E-state index in [0.717, 1.165) is 38.4 Å². The first-order valence-corrected chi connectivity index (χ1v) is 10.7. The van der Waals surface area contributed by atoms with Crippen LogP contribution in [0.2, 0.25) is 5.02 Å². The third-order valence-electron chi connectivity index (χ3n) is 5.27. The number of para-hydroxylation sites is 1. The van der Waals surface area contributed by atoms with Crippen LogP contribution in [0.15, 0.2) is 36.4 Å². The van der Waals surface area contributed by atoms with Crippen LogP contribution in [0.1, 0.15) is 22.8 Å². The number of hydrogen-bond donors (Lipinski definition) is 2. The first-order chi connectivity index (χ1) is 14.8. The van der Waals surface area contributed by atoms with Crippen LogP contribution >= 0.6 is 23.8 Å². The maximum absolute atomic E-state index is 12.6. The summed E-state index contributed by atoms with van der Waals surface area (Å²) in [5, 5.41) is 17.5. The average Bonchev–Trinajstić information content (AvgIpc) is 2.74. The van der Waals surface area contributed by atoms with Gasteiger partial charge in [-0.2, -0.15) is 0 Å². The molecule has 31 heavy (non-hydrogen) atoms. The van der Waals surface area contributed by atoms with E-state index < -0.39 is 10.8 Å². The molecule has 10 heteroatoms. The van der Waals surface area contributed by atoms with Gasteiger partial charge >= 0.3 is 0 Å². The van der Waals surface area contributed by atoms with Gasteiger partial charge in [0.2, 0.25) is 0 Å². The molecule has 0 radical (unpaired) electrons. The third-order valence-corrected chi connectivity index (χ3v) is 5.77. The normalized spacial score (nSPS) is 14.2. The molecule has 2 N–H and O–H groups in total. The number of carbonyl (C=O) groups is 1. The summed E-state index contributed by atoms with van der Waals surface area (Å²) in [6.45, 7) is 8.31. The van der Waals surface area contributed by atoms with Gasteiger partial charge in [-0.05, 0) is 43.9 Å². The molecule has 1 aliphatic rings. The molecule has 2 aromatic carbocycles. The van der Waals surface area contributed by atoms with Gasteiger partial charge in [0, 0.05) is 43.4 Å². The molecule has 1 heterocycles. The quantitative estimate of drug-likeness (QED) is 0.397. The molecule has 2 aromatic rings. The first-order valence-electron chi connectivity index (χ1n) is 9.93. The fraction of sp³-hybridized carbons (Fsp3) is 0.333. The summed E-state index contributed by atoms with van der Waals surface area (Å²) in [7, 11) is 0. The number of aryl methyl sites for hydroxylation is 1. The maximum Gasteiger partial charge on any atom is 0.273 e. The number of nitro benzene ring substituents is 1. The summed E-state index contributed by atoms with van der Waals surface area (Å²) >= 11 is 11.8. The van der Waals surface area contributed by atoms with Gasteiger partial charge in [0.15, 0.2) is 5.11 Å². The number of halogens is 1. The molecule has 8 nitrogen and oxygen atoms in total. The van der Waals surface area contributed by atoms with Crippen molar-refractivity contribution < 1.29 is 9.72 Å². The Bertz CT molecular complexity index is 1010. The van der Waals surface area contributed by atoms with Crippen molar-refractivity contribution >= 4 is 51.9 Å². The van der Waals surface area contributed by atoms with Gasteiger partial charge in [0.25, 0.3) is 11.6 Å². The van der Waals surface area contributed by atoms with Crippen molar-refractivity contribution in [1.82, 2.24) is 10.2 Å². The van der Waals surface area contributed by atoms with E-state index in [1.165, 1.54) is 18.2 Å². The summed E-state index contributed by atoms with van der Waals surface area (Å²) in [4.78, 5) is 27.7. The Labute approximate surface area is 191 Å². The van der Waals surface area contributed by atoms with Gasteiger partial charge in [-0.1, -0.05) is 30.7 Å². The van der Waals surface area contributed by atoms with Crippen LogP contribution in [0.25, 0.3) is 0 Å². The van der Waals surface area contributed by atoms with Crippen molar-refractivity contribution in [2.75, 3.05) is 42.9 Å². The van der Waals surface area contributed by atoms with Crippen molar-refractivity contribution in [3.63, 3.8) is 0 Å². The average molecular weight is 462 g/mol. The fourth-order valence-electron chi connectivity index (χ4n) is 3.50. The second-order valence-corrected chi connectivity index (χ2v) is 8.04. The second kappa shape index (κ2) is 10.0. The summed E-state index contributed by atoms with van der Waals surface area (Å²) in [5.41, 5.74) is 2.05. The van der Waals surface area contributed by atoms with Gasteiger partial charge in [0.05, 0.1) is 21.3 Å². The van der Waals surface area contributed by atoms with Crippen LogP contribution < -0.4 is 15.5 Å². The first kappa shape index (κ1) is 22.9. The van der Waals surface area contributed by atoms with Crippen LogP contribution in [0.3, 0.4) is 0 Å². The molecule has 164 valence electrons. The predicted molar refractivity (Wildman–Crippen MR) is 127 cm³/mol. The molecule has 1 amide bonds. The van der Waals surface area contributed by atoms with Gasteiger partial charge in [-0.15, -0.1) is 0 Å². The van der Waals surface area contributed by atoms with Gasteiger partial charge < -0.3 is 15.1 Å². The highest BCUT2D eigenvalue weighted by Crippen LogP contribution is 2.34. The molecular weight excluding hydrogens is 438 g/mol. The van der Waals surface area contributed by atoms with E-state index in [2.05, 4.69) is 27.4 Å². The van der Waals surface area contributed by atoms with Crippen molar-refractivity contribution in [2.24, 2.45) is 0 Å². The lowest BCUT2D eigenvalue weighted by Gasteiger charge is -2.37. The molecule has 0 aromatic heterocycles. The lowest BCUT2D eigenvalue weighted by Crippen LogP contribution is -2.46. The van der Waals surface area contributed by atoms with E-state index in [0.29, 0.717) is 16.3 Å². The van der Waals surface area contributed by atoms with E-state index in [9.17, 15) is 14.9 Å². The number of benzene rings is 2. The summed E-state index contributed by atoms with van der Waals surface area (Å²) in [6.07, 6.45) is 0. The molecule has 1 saturated heterocycles.